The van der Waals surface area contributed by atoms with Gasteiger partial charge in [0.15, 0.2) is 0 Å². The van der Waals surface area contributed by atoms with Gasteiger partial charge in [-0.15, -0.1) is 0 Å². The van der Waals surface area contributed by atoms with Crippen LogP contribution in [0.4, 0.5) is 0 Å². The van der Waals surface area contributed by atoms with Crippen LogP contribution in [0.5, 0.6) is 0 Å². The Balaban J connectivity index is 4.85. The third-order valence-corrected chi connectivity index (χ3v) is 2.84. The van der Waals surface area contributed by atoms with Crippen molar-refractivity contribution in [2.24, 2.45) is 5.73 Å². The molecular formula is C7H13NO4S. The Morgan fingerprint density at radius 2 is 2.08 bits per heavy atom. The number of rotatable bonds is 4. The summed E-state index contributed by atoms with van der Waals surface area (Å²) in [4.78, 5) is 10.6. The summed E-state index contributed by atoms with van der Waals surface area (Å²) in [6.07, 6.45) is 1.35. The van der Waals surface area contributed by atoms with Crippen molar-refractivity contribution in [1.82, 2.24) is 0 Å². The Labute approximate surface area is 77.4 Å². The van der Waals surface area contributed by atoms with E-state index in [1.807, 2.05) is 0 Å². The van der Waals surface area contributed by atoms with Gasteiger partial charge in [-0.25, -0.2) is 0 Å². The highest BCUT2D eigenvalue weighted by molar-refractivity contribution is 7.86. The zero-order valence-corrected chi connectivity index (χ0v) is 8.34. The quantitative estimate of drug-likeness (QED) is 0.504. The molecule has 5 nitrogen and oxygen atoms in total. The molecule has 0 aliphatic carbocycles. The molecule has 0 saturated heterocycles. The first-order valence-electron chi connectivity index (χ1n) is 3.73. The van der Waals surface area contributed by atoms with Crippen LogP contribution in [0, 0.1) is 0 Å². The third-order valence-electron chi connectivity index (χ3n) is 1.61. The van der Waals surface area contributed by atoms with Crippen molar-refractivity contribution >= 4 is 16.0 Å². The van der Waals surface area contributed by atoms with Crippen LogP contribution < -0.4 is 5.73 Å². The first kappa shape index (κ1) is 12.1. The highest BCUT2D eigenvalue weighted by Gasteiger charge is 2.18. The molecule has 0 aliphatic rings. The van der Waals surface area contributed by atoms with Gasteiger partial charge < -0.3 is 5.73 Å². The Morgan fingerprint density at radius 3 is 2.31 bits per heavy atom. The SMILES string of the molecule is CCC(C=C(C)C(N)=O)S(=O)(=O)O. The number of amides is 1. The second kappa shape index (κ2) is 4.38. The van der Waals surface area contributed by atoms with Crippen LogP contribution in [0.25, 0.3) is 0 Å². The molecule has 1 atom stereocenters. The first-order chi connectivity index (χ1) is 5.79. The van der Waals surface area contributed by atoms with Gasteiger partial charge in [0.2, 0.25) is 5.91 Å². The minimum Gasteiger partial charge on any atom is -0.366 e. The Hall–Kier alpha value is -0.880. The number of carbonyl (C=O) groups excluding carboxylic acids is 1. The molecule has 0 radical (unpaired) electrons. The normalized spacial score (nSPS) is 15.5. The number of hydrogen-bond acceptors (Lipinski definition) is 3. The maximum Gasteiger partial charge on any atom is 0.271 e. The molecule has 0 aromatic heterocycles. The lowest BCUT2D eigenvalue weighted by molar-refractivity contribution is -0.114. The fourth-order valence-electron chi connectivity index (χ4n) is 0.775. The minimum absolute atomic E-state index is 0.129. The van der Waals surface area contributed by atoms with Crippen LogP contribution in [-0.2, 0) is 14.9 Å². The van der Waals surface area contributed by atoms with E-state index < -0.39 is 21.3 Å². The van der Waals surface area contributed by atoms with Gasteiger partial charge in [0, 0.05) is 5.57 Å². The van der Waals surface area contributed by atoms with Gasteiger partial charge in [-0.05, 0) is 13.3 Å². The molecular weight excluding hydrogens is 194 g/mol. The van der Waals surface area contributed by atoms with Crippen LogP contribution in [0.3, 0.4) is 0 Å². The molecule has 1 amide bonds. The van der Waals surface area contributed by atoms with Crippen LogP contribution in [0.1, 0.15) is 20.3 Å². The molecule has 6 heteroatoms. The predicted molar refractivity (Wildman–Crippen MR) is 48.6 cm³/mol. The molecule has 0 aromatic carbocycles. The van der Waals surface area contributed by atoms with Crippen molar-refractivity contribution in [3.63, 3.8) is 0 Å². The molecule has 0 fully saturated rings. The highest BCUT2D eigenvalue weighted by atomic mass is 32.2. The maximum atomic E-state index is 10.7. The van der Waals surface area contributed by atoms with Crippen LogP contribution in [-0.4, -0.2) is 24.1 Å². The van der Waals surface area contributed by atoms with E-state index >= 15 is 0 Å². The summed E-state index contributed by atoms with van der Waals surface area (Å²) in [6.45, 7) is 2.99. The molecule has 0 aromatic rings. The highest BCUT2D eigenvalue weighted by Crippen LogP contribution is 2.08. The van der Waals surface area contributed by atoms with E-state index in [-0.39, 0.29) is 12.0 Å². The maximum absolute atomic E-state index is 10.7. The lowest BCUT2D eigenvalue weighted by Crippen LogP contribution is -2.20. The molecule has 0 aliphatic heterocycles. The largest absolute Gasteiger partial charge is 0.366 e. The summed E-state index contributed by atoms with van der Waals surface area (Å²) in [5, 5.41) is -1.06. The molecule has 0 heterocycles. The molecule has 0 bridgehead atoms. The number of nitrogens with two attached hydrogens (primary N) is 1. The Kier molecular flexibility index (Phi) is 4.09. The van der Waals surface area contributed by atoms with Crippen molar-refractivity contribution < 1.29 is 17.8 Å². The number of primary amides is 1. The van der Waals surface area contributed by atoms with E-state index in [0.29, 0.717) is 0 Å². The third kappa shape index (κ3) is 4.05. The van der Waals surface area contributed by atoms with Gasteiger partial charge in [-0.3, -0.25) is 9.35 Å². The van der Waals surface area contributed by atoms with E-state index in [0.717, 1.165) is 6.08 Å². The second-order valence-electron chi connectivity index (χ2n) is 2.68. The summed E-state index contributed by atoms with van der Waals surface area (Å²) in [5.41, 5.74) is 5.03. The molecule has 13 heavy (non-hydrogen) atoms. The van der Waals surface area contributed by atoms with E-state index in [4.69, 9.17) is 10.3 Å². The molecule has 0 spiro atoms. The van der Waals surface area contributed by atoms with Crippen molar-refractivity contribution in [1.29, 1.82) is 0 Å². The Bertz CT molecular complexity index is 317. The lowest BCUT2D eigenvalue weighted by Gasteiger charge is -2.06. The summed E-state index contributed by atoms with van der Waals surface area (Å²) in [6, 6.07) is 0. The van der Waals surface area contributed by atoms with Gasteiger partial charge in [0.1, 0.15) is 5.25 Å². The van der Waals surface area contributed by atoms with E-state index in [9.17, 15) is 13.2 Å². The smallest absolute Gasteiger partial charge is 0.271 e. The molecule has 0 rings (SSSR count). The zero-order valence-electron chi connectivity index (χ0n) is 7.52. The van der Waals surface area contributed by atoms with E-state index in [2.05, 4.69) is 0 Å². The summed E-state index contributed by atoms with van der Waals surface area (Å²) in [5.74, 6) is -0.692. The van der Waals surface area contributed by atoms with E-state index in [1.54, 1.807) is 6.92 Å². The molecule has 3 N–H and O–H groups in total. The van der Waals surface area contributed by atoms with Crippen molar-refractivity contribution in [3.8, 4) is 0 Å². The van der Waals surface area contributed by atoms with Gasteiger partial charge in [-0.2, -0.15) is 8.42 Å². The van der Waals surface area contributed by atoms with Gasteiger partial charge in [0.25, 0.3) is 10.1 Å². The van der Waals surface area contributed by atoms with Gasteiger partial charge in [-0.1, -0.05) is 13.0 Å². The molecule has 76 valence electrons. The fourth-order valence-corrected chi connectivity index (χ4v) is 1.57. The first-order valence-corrected chi connectivity index (χ1v) is 5.23. The number of hydrogen-bond donors (Lipinski definition) is 2. The van der Waals surface area contributed by atoms with E-state index in [1.165, 1.54) is 6.92 Å². The van der Waals surface area contributed by atoms with Gasteiger partial charge in [0.05, 0.1) is 0 Å². The average Bonchev–Trinajstić information content (AvgIpc) is 1.96. The molecule has 1 unspecified atom stereocenters. The van der Waals surface area contributed by atoms with Gasteiger partial charge >= 0.3 is 0 Å². The summed E-state index contributed by atoms with van der Waals surface area (Å²) < 4.78 is 30.0. The van der Waals surface area contributed by atoms with Crippen LogP contribution >= 0.6 is 0 Å². The average molecular weight is 207 g/mol. The van der Waals surface area contributed by atoms with Crippen molar-refractivity contribution in [2.75, 3.05) is 0 Å². The van der Waals surface area contributed by atoms with Crippen molar-refractivity contribution in [3.05, 3.63) is 11.6 Å². The van der Waals surface area contributed by atoms with Crippen LogP contribution in [0.15, 0.2) is 11.6 Å². The predicted octanol–water partition coefficient (Wildman–Crippen LogP) is 0.0844. The summed E-state index contributed by atoms with van der Waals surface area (Å²) >= 11 is 0. The zero-order chi connectivity index (χ0) is 10.6. The lowest BCUT2D eigenvalue weighted by atomic mass is 10.2. The molecule has 0 saturated carbocycles. The fraction of sp³-hybridized carbons (Fsp3) is 0.571. The van der Waals surface area contributed by atoms with Crippen LogP contribution in [0.2, 0.25) is 0 Å². The standard InChI is InChI=1S/C7H13NO4S/c1-3-6(13(10,11)12)4-5(2)7(8)9/h4,6H,3H2,1-2H3,(H2,8,9)(H,10,11,12). The summed E-state index contributed by atoms with van der Waals surface area (Å²) in [7, 11) is -4.13. The minimum atomic E-state index is -4.13. The Morgan fingerprint density at radius 1 is 1.62 bits per heavy atom. The van der Waals surface area contributed by atoms with Crippen molar-refractivity contribution in [2.45, 2.75) is 25.5 Å². The topological polar surface area (TPSA) is 97.5 Å². The monoisotopic (exact) mass is 207 g/mol. The second-order valence-corrected chi connectivity index (χ2v) is 4.31. The number of carbonyl (C=O) groups is 1.